The van der Waals surface area contributed by atoms with Gasteiger partial charge in [0.05, 0.1) is 12.7 Å². The summed E-state index contributed by atoms with van der Waals surface area (Å²) in [5, 5.41) is 10.7. The van der Waals surface area contributed by atoms with Gasteiger partial charge < -0.3 is 9.84 Å². The van der Waals surface area contributed by atoms with E-state index in [0.29, 0.717) is 6.61 Å². The Balaban J connectivity index is 2.61. The third-order valence-electron chi connectivity index (χ3n) is 2.91. The molecule has 0 spiro atoms. The van der Waals surface area contributed by atoms with Crippen LogP contribution in [0, 0.1) is 13.8 Å². The van der Waals surface area contributed by atoms with Crippen LogP contribution in [0.2, 0.25) is 5.02 Å². The van der Waals surface area contributed by atoms with E-state index in [-0.39, 0.29) is 0 Å². The Kier molecular flexibility index (Phi) is 2.89. The van der Waals surface area contributed by atoms with Crippen LogP contribution in [0.4, 0.5) is 0 Å². The van der Waals surface area contributed by atoms with Crippen molar-refractivity contribution in [1.82, 2.24) is 0 Å². The Hall–Kier alpha value is -0.730. The minimum atomic E-state index is -0.444. The molecule has 0 radical (unpaired) electrons. The third kappa shape index (κ3) is 1.84. The highest BCUT2D eigenvalue weighted by Gasteiger charge is 2.22. The second-order valence-electron chi connectivity index (χ2n) is 4.05. The molecule has 0 saturated carbocycles. The first kappa shape index (κ1) is 10.8. The highest BCUT2D eigenvalue weighted by atomic mass is 35.5. The zero-order chi connectivity index (χ0) is 11.0. The fraction of sp³-hybridized carbons (Fsp3) is 0.500. The predicted octanol–water partition coefficient (Wildman–Crippen LogP) is 3.16. The van der Waals surface area contributed by atoms with Gasteiger partial charge in [0.1, 0.15) is 5.75 Å². The second kappa shape index (κ2) is 4.03. The van der Waals surface area contributed by atoms with Crippen LogP contribution in [0.3, 0.4) is 0 Å². The lowest BCUT2D eigenvalue weighted by atomic mass is 9.98. The molecule has 1 N–H and O–H groups in total. The molecule has 0 aromatic heterocycles. The van der Waals surface area contributed by atoms with Gasteiger partial charge in [-0.1, -0.05) is 11.6 Å². The van der Waals surface area contributed by atoms with E-state index in [9.17, 15) is 5.11 Å². The maximum Gasteiger partial charge on any atom is 0.125 e. The summed E-state index contributed by atoms with van der Waals surface area (Å²) < 4.78 is 5.62. The van der Waals surface area contributed by atoms with Crippen LogP contribution in [-0.2, 0) is 0 Å². The molecule has 1 aliphatic rings. The number of hydrogen-bond donors (Lipinski definition) is 1. The molecule has 0 unspecified atom stereocenters. The first-order chi connectivity index (χ1) is 7.11. The Morgan fingerprint density at radius 3 is 2.93 bits per heavy atom. The van der Waals surface area contributed by atoms with Crippen molar-refractivity contribution in [2.75, 3.05) is 6.61 Å². The van der Waals surface area contributed by atoms with E-state index in [1.54, 1.807) is 0 Å². The number of benzene rings is 1. The number of ether oxygens (including phenoxy) is 1. The molecule has 0 amide bonds. The van der Waals surface area contributed by atoms with Gasteiger partial charge in [-0.05, 0) is 43.9 Å². The maximum absolute atomic E-state index is 10.00. The van der Waals surface area contributed by atoms with E-state index in [0.717, 1.165) is 40.3 Å². The fourth-order valence-corrected chi connectivity index (χ4v) is 2.23. The smallest absolute Gasteiger partial charge is 0.125 e. The van der Waals surface area contributed by atoms with Gasteiger partial charge in [0.2, 0.25) is 0 Å². The van der Waals surface area contributed by atoms with Crippen LogP contribution >= 0.6 is 11.6 Å². The first-order valence-electron chi connectivity index (χ1n) is 5.21. The molecule has 1 aliphatic heterocycles. The number of halogens is 1. The Morgan fingerprint density at radius 2 is 2.20 bits per heavy atom. The molecule has 15 heavy (non-hydrogen) atoms. The molecule has 1 aromatic rings. The molecule has 2 nitrogen and oxygen atoms in total. The predicted molar refractivity (Wildman–Crippen MR) is 60.6 cm³/mol. The van der Waals surface area contributed by atoms with Gasteiger partial charge in [-0.25, -0.2) is 0 Å². The lowest BCUT2D eigenvalue weighted by molar-refractivity contribution is 0.167. The van der Waals surface area contributed by atoms with Crippen LogP contribution in [0.5, 0.6) is 5.75 Å². The van der Waals surface area contributed by atoms with Gasteiger partial charge in [-0.15, -0.1) is 0 Å². The van der Waals surface area contributed by atoms with Crippen molar-refractivity contribution in [3.8, 4) is 5.75 Å². The summed E-state index contributed by atoms with van der Waals surface area (Å²) >= 11 is 6.17. The largest absolute Gasteiger partial charge is 0.493 e. The summed E-state index contributed by atoms with van der Waals surface area (Å²) in [6.07, 6.45) is 1.18. The third-order valence-corrected chi connectivity index (χ3v) is 3.49. The average molecular weight is 227 g/mol. The molecule has 0 saturated heterocycles. The minimum absolute atomic E-state index is 0.444. The Bertz CT molecular complexity index is 388. The Labute approximate surface area is 94.8 Å². The topological polar surface area (TPSA) is 29.5 Å². The molecule has 0 aliphatic carbocycles. The summed E-state index contributed by atoms with van der Waals surface area (Å²) in [6.45, 7) is 4.56. The van der Waals surface area contributed by atoms with Gasteiger partial charge in [-0.2, -0.15) is 0 Å². The highest BCUT2D eigenvalue weighted by Crippen LogP contribution is 2.38. The molecule has 3 heteroatoms. The molecule has 1 aromatic carbocycles. The van der Waals surface area contributed by atoms with E-state index in [1.165, 1.54) is 0 Å². The molecular weight excluding hydrogens is 212 g/mol. The highest BCUT2D eigenvalue weighted by molar-refractivity contribution is 6.32. The SMILES string of the molecule is Cc1cc2c(c(C)c1Cl)[C@@H](O)CCCO2. The van der Waals surface area contributed by atoms with Crippen molar-refractivity contribution >= 4 is 11.6 Å². The summed E-state index contributed by atoms with van der Waals surface area (Å²) in [5.74, 6) is 0.791. The summed E-state index contributed by atoms with van der Waals surface area (Å²) in [7, 11) is 0. The normalized spacial score (nSPS) is 20.4. The van der Waals surface area contributed by atoms with E-state index >= 15 is 0 Å². The quantitative estimate of drug-likeness (QED) is 0.737. The van der Waals surface area contributed by atoms with Crippen molar-refractivity contribution in [2.24, 2.45) is 0 Å². The number of hydrogen-bond acceptors (Lipinski definition) is 2. The van der Waals surface area contributed by atoms with Gasteiger partial charge >= 0.3 is 0 Å². The summed E-state index contributed by atoms with van der Waals surface area (Å²) in [4.78, 5) is 0. The van der Waals surface area contributed by atoms with E-state index < -0.39 is 6.10 Å². The molecular formula is C12H15ClO2. The fourth-order valence-electron chi connectivity index (χ4n) is 2.07. The molecule has 82 valence electrons. The molecule has 1 heterocycles. The van der Waals surface area contributed by atoms with Crippen molar-refractivity contribution < 1.29 is 9.84 Å². The van der Waals surface area contributed by atoms with Crippen molar-refractivity contribution in [3.63, 3.8) is 0 Å². The molecule has 0 bridgehead atoms. The van der Waals surface area contributed by atoms with Crippen LogP contribution in [0.25, 0.3) is 0 Å². The minimum Gasteiger partial charge on any atom is -0.493 e. The molecule has 2 rings (SSSR count). The van der Waals surface area contributed by atoms with Crippen LogP contribution < -0.4 is 4.74 Å². The standard InChI is InChI=1S/C12H15ClO2/c1-7-6-10-11(8(2)12(7)13)9(14)4-3-5-15-10/h6,9,14H,3-5H2,1-2H3/t9-/m0/s1. The van der Waals surface area contributed by atoms with Crippen molar-refractivity contribution in [1.29, 1.82) is 0 Å². The maximum atomic E-state index is 10.00. The number of aliphatic hydroxyl groups is 1. The van der Waals surface area contributed by atoms with E-state index in [2.05, 4.69) is 0 Å². The van der Waals surface area contributed by atoms with Gasteiger partial charge in [-0.3, -0.25) is 0 Å². The van der Waals surface area contributed by atoms with Gasteiger partial charge in [0.15, 0.2) is 0 Å². The zero-order valence-electron chi connectivity index (χ0n) is 9.01. The number of aryl methyl sites for hydroxylation is 1. The monoisotopic (exact) mass is 226 g/mol. The summed E-state index contributed by atoms with van der Waals surface area (Å²) in [6, 6.07) is 1.92. The first-order valence-corrected chi connectivity index (χ1v) is 5.59. The number of rotatable bonds is 0. The van der Waals surface area contributed by atoms with Crippen molar-refractivity contribution in [2.45, 2.75) is 32.8 Å². The molecule has 1 atom stereocenters. The number of fused-ring (bicyclic) bond motifs is 1. The number of aliphatic hydroxyl groups excluding tert-OH is 1. The molecule has 0 fully saturated rings. The lowest BCUT2D eigenvalue weighted by Crippen LogP contribution is -2.01. The van der Waals surface area contributed by atoms with Gasteiger partial charge in [0.25, 0.3) is 0 Å². The Morgan fingerprint density at radius 1 is 1.47 bits per heavy atom. The van der Waals surface area contributed by atoms with E-state index in [4.69, 9.17) is 16.3 Å². The van der Waals surface area contributed by atoms with Crippen molar-refractivity contribution in [3.05, 3.63) is 27.8 Å². The zero-order valence-corrected chi connectivity index (χ0v) is 9.77. The lowest BCUT2D eigenvalue weighted by Gasteiger charge is -2.16. The summed E-state index contributed by atoms with van der Waals surface area (Å²) in [5.41, 5.74) is 2.81. The van der Waals surface area contributed by atoms with Crippen LogP contribution in [0.15, 0.2) is 6.07 Å². The average Bonchev–Trinajstić information content (AvgIpc) is 2.37. The van der Waals surface area contributed by atoms with Crippen LogP contribution in [0.1, 0.15) is 35.6 Å². The second-order valence-corrected chi connectivity index (χ2v) is 4.43. The van der Waals surface area contributed by atoms with Crippen LogP contribution in [-0.4, -0.2) is 11.7 Å². The van der Waals surface area contributed by atoms with E-state index in [1.807, 2.05) is 19.9 Å². The van der Waals surface area contributed by atoms with Gasteiger partial charge in [0, 0.05) is 10.6 Å².